The van der Waals surface area contributed by atoms with E-state index in [0.29, 0.717) is 34.6 Å². The van der Waals surface area contributed by atoms with E-state index >= 15 is 0 Å². The van der Waals surface area contributed by atoms with Gasteiger partial charge in [-0.05, 0) is 86.5 Å². The Morgan fingerprint density at radius 2 is 1.67 bits per heavy atom. The van der Waals surface area contributed by atoms with E-state index in [0.717, 1.165) is 22.6 Å². The third-order valence-electron chi connectivity index (χ3n) is 6.06. The van der Waals surface area contributed by atoms with E-state index in [1.54, 1.807) is 43.5 Å². The molecule has 0 spiro atoms. The molecule has 39 heavy (non-hydrogen) atoms. The molecular weight excluding hydrogens is 514 g/mol. The van der Waals surface area contributed by atoms with Gasteiger partial charge in [-0.15, -0.1) is 10.2 Å². The normalized spacial score (nSPS) is 10.7. The van der Waals surface area contributed by atoms with E-state index in [1.165, 1.54) is 11.8 Å². The molecule has 2 N–H and O–H groups in total. The maximum atomic E-state index is 12.8. The minimum absolute atomic E-state index is 0.133. The van der Waals surface area contributed by atoms with E-state index < -0.39 is 0 Å². The largest absolute Gasteiger partial charge is 0.497 e. The quantitative estimate of drug-likeness (QED) is 0.257. The van der Waals surface area contributed by atoms with E-state index in [1.807, 2.05) is 55.7 Å². The molecule has 0 bridgehead atoms. The highest BCUT2D eigenvalue weighted by Crippen LogP contribution is 2.26. The molecule has 0 aliphatic heterocycles. The molecule has 2 amide bonds. The van der Waals surface area contributed by atoms with Crippen molar-refractivity contribution in [3.8, 4) is 17.2 Å². The third-order valence-corrected chi connectivity index (χ3v) is 6.99. The Bertz CT molecular complexity index is 1440. The molecule has 4 rings (SSSR count). The Morgan fingerprint density at radius 1 is 0.949 bits per heavy atom. The number of rotatable bonds is 11. The van der Waals surface area contributed by atoms with Crippen molar-refractivity contribution in [1.82, 2.24) is 20.1 Å². The zero-order valence-electron chi connectivity index (χ0n) is 22.4. The monoisotopic (exact) mass is 545 g/mol. The predicted octanol–water partition coefficient (Wildman–Crippen LogP) is 4.95. The average Bonchev–Trinajstić information content (AvgIpc) is 3.35. The number of nitrogens with one attached hydrogen (secondary N) is 2. The maximum absolute atomic E-state index is 12.8. The molecule has 9 nitrogen and oxygen atoms in total. The summed E-state index contributed by atoms with van der Waals surface area (Å²) in [4.78, 5) is 25.5. The molecule has 0 saturated heterocycles. The van der Waals surface area contributed by atoms with Gasteiger partial charge in [0.05, 0.1) is 31.7 Å². The van der Waals surface area contributed by atoms with Gasteiger partial charge in [-0.25, -0.2) is 0 Å². The molecule has 202 valence electrons. The molecule has 0 radical (unpaired) electrons. The Balaban J connectivity index is 1.49. The number of ether oxygens (including phenoxy) is 2. The summed E-state index contributed by atoms with van der Waals surface area (Å²) in [5, 5.41) is 15.1. The van der Waals surface area contributed by atoms with Gasteiger partial charge in [-0.3, -0.25) is 14.2 Å². The Kier molecular flexibility index (Phi) is 9.22. The minimum atomic E-state index is -0.239. The predicted molar refractivity (Wildman–Crippen MR) is 152 cm³/mol. The van der Waals surface area contributed by atoms with Crippen molar-refractivity contribution in [3.63, 3.8) is 0 Å². The Morgan fingerprint density at radius 3 is 2.36 bits per heavy atom. The number of benzene rings is 3. The van der Waals surface area contributed by atoms with Crippen LogP contribution in [0.3, 0.4) is 0 Å². The molecule has 10 heteroatoms. The molecule has 0 fully saturated rings. The molecule has 1 heterocycles. The molecule has 1 aromatic heterocycles. The fourth-order valence-corrected chi connectivity index (χ4v) is 4.62. The lowest BCUT2D eigenvalue weighted by Crippen LogP contribution is -2.24. The van der Waals surface area contributed by atoms with Gasteiger partial charge in [0, 0.05) is 11.3 Å². The van der Waals surface area contributed by atoms with Crippen LogP contribution in [0.1, 0.15) is 34.2 Å². The van der Waals surface area contributed by atoms with Crippen LogP contribution in [0.2, 0.25) is 0 Å². The van der Waals surface area contributed by atoms with Crippen LogP contribution in [0.4, 0.5) is 5.69 Å². The van der Waals surface area contributed by atoms with Crippen molar-refractivity contribution in [1.29, 1.82) is 0 Å². The van der Waals surface area contributed by atoms with Crippen molar-refractivity contribution in [2.75, 3.05) is 24.8 Å². The van der Waals surface area contributed by atoms with Gasteiger partial charge >= 0.3 is 0 Å². The Hall–Kier alpha value is -4.31. The van der Waals surface area contributed by atoms with E-state index in [9.17, 15) is 9.59 Å². The van der Waals surface area contributed by atoms with Gasteiger partial charge in [0.25, 0.3) is 5.91 Å². The lowest BCUT2D eigenvalue weighted by molar-refractivity contribution is -0.113. The lowest BCUT2D eigenvalue weighted by atomic mass is 10.1. The second-order valence-corrected chi connectivity index (χ2v) is 9.60. The van der Waals surface area contributed by atoms with Crippen LogP contribution < -0.4 is 20.1 Å². The fraction of sp³-hybridized carbons (Fsp3) is 0.241. The standard InChI is InChI=1S/C29H31N5O4S/c1-5-38-24-15-11-22(12-16-24)31-27(35)18-39-29-33-32-26(34(29)25-8-6-7-19(2)20(25)3)17-30-28(36)21-9-13-23(37-4)14-10-21/h6-16H,5,17-18H2,1-4H3,(H,30,36)(H,31,35). The van der Waals surface area contributed by atoms with Gasteiger partial charge in [0.15, 0.2) is 11.0 Å². The van der Waals surface area contributed by atoms with Crippen LogP contribution in [-0.4, -0.2) is 46.0 Å². The maximum Gasteiger partial charge on any atom is 0.251 e. The van der Waals surface area contributed by atoms with Gasteiger partial charge in [0.2, 0.25) is 5.91 Å². The first-order valence-electron chi connectivity index (χ1n) is 12.5. The summed E-state index contributed by atoms with van der Waals surface area (Å²) < 4.78 is 12.5. The molecular formula is C29H31N5O4S. The van der Waals surface area contributed by atoms with Crippen LogP contribution in [0.5, 0.6) is 11.5 Å². The summed E-state index contributed by atoms with van der Waals surface area (Å²) in [5.74, 6) is 1.70. The number of nitrogens with zero attached hydrogens (tertiary/aromatic N) is 3. The zero-order chi connectivity index (χ0) is 27.8. The Labute approximate surface area is 231 Å². The van der Waals surface area contributed by atoms with Gasteiger partial charge in [0.1, 0.15) is 11.5 Å². The number of anilines is 1. The van der Waals surface area contributed by atoms with Crippen molar-refractivity contribution in [2.24, 2.45) is 0 Å². The van der Waals surface area contributed by atoms with Crippen LogP contribution in [0.15, 0.2) is 71.9 Å². The first kappa shape index (κ1) is 27.7. The van der Waals surface area contributed by atoms with E-state index in [-0.39, 0.29) is 24.1 Å². The fourth-order valence-electron chi connectivity index (χ4n) is 3.86. The number of hydrogen-bond donors (Lipinski definition) is 2. The topological polar surface area (TPSA) is 107 Å². The smallest absolute Gasteiger partial charge is 0.251 e. The summed E-state index contributed by atoms with van der Waals surface area (Å²) >= 11 is 1.28. The van der Waals surface area contributed by atoms with Crippen LogP contribution >= 0.6 is 11.8 Å². The first-order valence-corrected chi connectivity index (χ1v) is 13.5. The van der Waals surface area contributed by atoms with Crippen molar-refractivity contribution in [3.05, 3.63) is 89.2 Å². The molecule has 0 aliphatic rings. The van der Waals surface area contributed by atoms with Crippen LogP contribution in [0, 0.1) is 13.8 Å². The summed E-state index contributed by atoms with van der Waals surface area (Å²) in [5.41, 5.74) is 4.25. The number of amides is 2. The summed E-state index contributed by atoms with van der Waals surface area (Å²) in [7, 11) is 1.58. The molecule has 4 aromatic rings. The highest BCUT2D eigenvalue weighted by Gasteiger charge is 2.19. The van der Waals surface area contributed by atoms with Gasteiger partial charge in [-0.2, -0.15) is 0 Å². The molecule has 0 atom stereocenters. The number of carbonyl (C=O) groups is 2. The average molecular weight is 546 g/mol. The minimum Gasteiger partial charge on any atom is -0.497 e. The number of hydrogen-bond acceptors (Lipinski definition) is 7. The van der Waals surface area contributed by atoms with Crippen molar-refractivity contribution in [2.45, 2.75) is 32.5 Å². The molecule has 0 saturated carbocycles. The van der Waals surface area contributed by atoms with Crippen molar-refractivity contribution < 1.29 is 19.1 Å². The lowest BCUT2D eigenvalue weighted by Gasteiger charge is -2.15. The second-order valence-electron chi connectivity index (χ2n) is 8.66. The van der Waals surface area contributed by atoms with E-state index in [4.69, 9.17) is 9.47 Å². The van der Waals surface area contributed by atoms with Gasteiger partial charge < -0.3 is 20.1 Å². The van der Waals surface area contributed by atoms with Crippen LogP contribution in [-0.2, 0) is 11.3 Å². The SMILES string of the molecule is CCOc1ccc(NC(=O)CSc2nnc(CNC(=O)c3ccc(OC)cc3)n2-c2cccc(C)c2C)cc1. The molecule has 3 aromatic carbocycles. The second kappa shape index (κ2) is 13.0. The van der Waals surface area contributed by atoms with Crippen molar-refractivity contribution >= 4 is 29.3 Å². The number of carbonyl (C=O) groups excluding carboxylic acids is 2. The van der Waals surface area contributed by atoms with E-state index in [2.05, 4.69) is 20.8 Å². The first-order chi connectivity index (χ1) is 18.9. The number of aromatic nitrogens is 3. The zero-order valence-corrected chi connectivity index (χ0v) is 23.2. The summed E-state index contributed by atoms with van der Waals surface area (Å²) in [6.45, 7) is 6.72. The number of aryl methyl sites for hydroxylation is 1. The summed E-state index contributed by atoms with van der Waals surface area (Å²) in [6, 6.07) is 20.1. The summed E-state index contributed by atoms with van der Waals surface area (Å²) in [6.07, 6.45) is 0. The molecule has 0 unspecified atom stereocenters. The number of methoxy groups -OCH3 is 1. The number of thioether (sulfide) groups is 1. The molecule has 0 aliphatic carbocycles. The highest BCUT2D eigenvalue weighted by molar-refractivity contribution is 7.99. The highest BCUT2D eigenvalue weighted by atomic mass is 32.2. The third kappa shape index (κ3) is 6.97. The van der Waals surface area contributed by atoms with Crippen LogP contribution in [0.25, 0.3) is 5.69 Å². The van der Waals surface area contributed by atoms with Gasteiger partial charge in [-0.1, -0.05) is 23.9 Å².